The third-order valence-electron chi connectivity index (χ3n) is 3.32. The number of aliphatic carboxylic acids is 1. The lowest BCUT2D eigenvalue weighted by Crippen LogP contribution is -2.30. The van der Waals surface area contributed by atoms with Crippen molar-refractivity contribution in [3.63, 3.8) is 0 Å². The maximum absolute atomic E-state index is 12.9. The highest BCUT2D eigenvalue weighted by atomic mass is 32.2. The Kier molecular flexibility index (Phi) is 5.53. The lowest BCUT2D eigenvalue weighted by molar-refractivity contribution is -0.137. The van der Waals surface area contributed by atoms with Crippen LogP contribution in [0.15, 0.2) is 53.4 Å². The fraction of sp³-hybridized carbons (Fsp3) is 0.188. The van der Waals surface area contributed by atoms with Gasteiger partial charge in [0.05, 0.1) is 24.5 Å². The van der Waals surface area contributed by atoms with Gasteiger partial charge in [-0.05, 0) is 42.0 Å². The van der Waals surface area contributed by atoms with Crippen molar-refractivity contribution in [2.75, 3.05) is 7.11 Å². The summed E-state index contributed by atoms with van der Waals surface area (Å²) in [6.45, 7) is 0. The summed E-state index contributed by atoms with van der Waals surface area (Å²) in [5, 5.41) is 9.04. The number of hydrogen-bond acceptors (Lipinski definition) is 4. The van der Waals surface area contributed by atoms with E-state index < -0.39 is 34.3 Å². The van der Waals surface area contributed by atoms with Crippen LogP contribution in [0.1, 0.15) is 18.0 Å². The van der Waals surface area contributed by atoms with Crippen LogP contribution in [0.2, 0.25) is 0 Å². The minimum Gasteiger partial charge on any atom is -0.497 e. The van der Waals surface area contributed by atoms with E-state index in [-0.39, 0.29) is 4.90 Å². The minimum atomic E-state index is -4.00. The van der Waals surface area contributed by atoms with E-state index in [0.29, 0.717) is 11.3 Å². The largest absolute Gasteiger partial charge is 0.497 e. The summed E-state index contributed by atoms with van der Waals surface area (Å²) in [4.78, 5) is 10.9. The van der Waals surface area contributed by atoms with E-state index in [2.05, 4.69) is 4.72 Å². The van der Waals surface area contributed by atoms with Gasteiger partial charge in [-0.1, -0.05) is 12.1 Å². The quantitative estimate of drug-likeness (QED) is 0.797. The number of carbonyl (C=O) groups is 1. The summed E-state index contributed by atoms with van der Waals surface area (Å²) in [6, 6.07) is 9.69. The summed E-state index contributed by atoms with van der Waals surface area (Å²) in [7, 11) is -2.51. The molecule has 1 atom stereocenters. The van der Waals surface area contributed by atoms with Crippen LogP contribution in [0, 0.1) is 5.82 Å². The Bertz CT molecular complexity index is 803. The molecule has 2 aromatic rings. The molecule has 8 heteroatoms. The Hall–Kier alpha value is -2.45. The molecular formula is C16H16FNO5S. The number of ether oxygens (including phenoxy) is 1. The molecule has 0 bridgehead atoms. The highest BCUT2D eigenvalue weighted by molar-refractivity contribution is 7.89. The number of halogens is 1. The standard InChI is InChI=1S/C16H16FNO5S/c1-23-13-6-2-11(3-7-13)15(10-16(19)20)18-24(21,22)14-8-4-12(17)5-9-14/h2-9,15,18H,10H2,1H3,(H,19,20)/t15-/m1/s1. The molecule has 0 fully saturated rings. The van der Waals surface area contributed by atoms with Gasteiger partial charge in [0.15, 0.2) is 0 Å². The normalized spacial score (nSPS) is 12.6. The third-order valence-corrected chi connectivity index (χ3v) is 4.81. The van der Waals surface area contributed by atoms with Gasteiger partial charge in [-0.3, -0.25) is 4.79 Å². The van der Waals surface area contributed by atoms with Crippen molar-refractivity contribution >= 4 is 16.0 Å². The first-order valence-electron chi connectivity index (χ1n) is 6.95. The van der Waals surface area contributed by atoms with Crippen LogP contribution in [0.25, 0.3) is 0 Å². The van der Waals surface area contributed by atoms with Crippen molar-refractivity contribution in [1.29, 1.82) is 0 Å². The first-order valence-corrected chi connectivity index (χ1v) is 8.44. The lowest BCUT2D eigenvalue weighted by atomic mass is 10.0. The number of carboxylic acid groups (broad SMARTS) is 1. The fourth-order valence-corrected chi connectivity index (χ4v) is 3.33. The molecule has 24 heavy (non-hydrogen) atoms. The summed E-state index contributed by atoms with van der Waals surface area (Å²) in [5.41, 5.74) is 0.476. The second-order valence-electron chi connectivity index (χ2n) is 5.00. The number of sulfonamides is 1. The van der Waals surface area contributed by atoms with E-state index >= 15 is 0 Å². The van der Waals surface area contributed by atoms with Gasteiger partial charge in [0.1, 0.15) is 11.6 Å². The van der Waals surface area contributed by atoms with Crippen LogP contribution < -0.4 is 9.46 Å². The fourth-order valence-electron chi connectivity index (χ4n) is 2.11. The van der Waals surface area contributed by atoms with Gasteiger partial charge >= 0.3 is 5.97 Å². The zero-order valence-electron chi connectivity index (χ0n) is 12.8. The predicted octanol–water partition coefficient (Wildman–Crippen LogP) is 2.33. The molecule has 0 saturated carbocycles. The first kappa shape index (κ1) is 17.9. The SMILES string of the molecule is COc1ccc([C@@H](CC(=O)O)NS(=O)(=O)c2ccc(F)cc2)cc1. The Morgan fingerprint density at radius 2 is 1.75 bits per heavy atom. The maximum Gasteiger partial charge on any atom is 0.305 e. The average molecular weight is 353 g/mol. The van der Waals surface area contributed by atoms with Crippen molar-refractivity contribution in [3.05, 3.63) is 59.9 Å². The number of methoxy groups -OCH3 is 1. The molecule has 2 aromatic carbocycles. The molecule has 2 N–H and O–H groups in total. The summed E-state index contributed by atoms with van der Waals surface area (Å²) < 4.78 is 45.1. The topological polar surface area (TPSA) is 92.7 Å². The Morgan fingerprint density at radius 3 is 2.25 bits per heavy atom. The monoisotopic (exact) mass is 353 g/mol. The van der Waals surface area contributed by atoms with Gasteiger partial charge in [0, 0.05) is 0 Å². The molecule has 0 aliphatic carbocycles. The van der Waals surface area contributed by atoms with Gasteiger partial charge in [-0.15, -0.1) is 0 Å². The van der Waals surface area contributed by atoms with E-state index in [4.69, 9.17) is 9.84 Å². The Balaban J connectivity index is 2.30. The number of nitrogens with one attached hydrogen (secondary N) is 1. The van der Waals surface area contributed by atoms with Crippen LogP contribution in [0.3, 0.4) is 0 Å². The second kappa shape index (κ2) is 7.41. The van der Waals surface area contributed by atoms with Gasteiger partial charge < -0.3 is 9.84 Å². The van der Waals surface area contributed by atoms with E-state index in [1.165, 1.54) is 7.11 Å². The van der Waals surface area contributed by atoms with Crippen LogP contribution in [-0.4, -0.2) is 26.6 Å². The van der Waals surface area contributed by atoms with Crippen molar-refractivity contribution < 1.29 is 27.4 Å². The van der Waals surface area contributed by atoms with Crippen molar-refractivity contribution in [3.8, 4) is 5.75 Å². The number of hydrogen-bond donors (Lipinski definition) is 2. The first-order chi connectivity index (χ1) is 11.3. The van der Waals surface area contributed by atoms with Crippen molar-refractivity contribution in [2.45, 2.75) is 17.4 Å². The molecular weight excluding hydrogens is 337 g/mol. The molecule has 0 unspecified atom stereocenters. The highest BCUT2D eigenvalue weighted by Crippen LogP contribution is 2.23. The molecule has 0 amide bonds. The van der Waals surface area contributed by atoms with Crippen LogP contribution in [0.5, 0.6) is 5.75 Å². The van der Waals surface area contributed by atoms with Gasteiger partial charge in [-0.2, -0.15) is 0 Å². The minimum absolute atomic E-state index is 0.146. The molecule has 0 heterocycles. The predicted molar refractivity (Wildman–Crippen MR) is 84.7 cm³/mol. The zero-order valence-corrected chi connectivity index (χ0v) is 13.6. The van der Waals surface area contributed by atoms with Crippen LogP contribution >= 0.6 is 0 Å². The van der Waals surface area contributed by atoms with E-state index in [0.717, 1.165) is 24.3 Å². The van der Waals surface area contributed by atoms with Crippen molar-refractivity contribution in [2.24, 2.45) is 0 Å². The molecule has 0 aliphatic heterocycles. The van der Waals surface area contributed by atoms with Crippen molar-refractivity contribution in [1.82, 2.24) is 4.72 Å². The molecule has 128 valence electrons. The number of carboxylic acids is 1. The molecule has 2 rings (SSSR count). The third kappa shape index (κ3) is 4.53. The molecule has 0 aliphatic rings. The summed E-state index contributed by atoms with van der Waals surface area (Å²) in [5.74, 6) is -1.15. The molecule has 6 nitrogen and oxygen atoms in total. The lowest BCUT2D eigenvalue weighted by Gasteiger charge is -2.18. The van der Waals surface area contributed by atoms with E-state index in [1.807, 2.05) is 0 Å². The van der Waals surface area contributed by atoms with Crippen LogP contribution in [0.4, 0.5) is 4.39 Å². The number of rotatable bonds is 7. The maximum atomic E-state index is 12.9. The smallest absolute Gasteiger partial charge is 0.305 e. The van der Waals surface area contributed by atoms with Gasteiger partial charge in [0.25, 0.3) is 0 Å². The molecule has 0 spiro atoms. The summed E-state index contributed by atoms with van der Waals surface area (Å²) >= 11 is 0. The second-order valence-corrected chi connectivity index (χ2v) is 6.71. The number of benzene rings is 2. The zero-order chi connectivity index (χ0) is 17.7. The van der Waals surface area contributed by atoms with E-state index in [1.54, 1.807) is 24.3 Å². The molecule has 0 radical (unpaired) electrons. The average Bonchev–Trinajstić information content (AvgIpc) is 2.54. The van der Waals surface area contributed by atoms with Gasteiger partial charge in [0.2, 0.25) is 10.0 Å². The Morgan fingerprint density at radius 1 is 1.17 bits per heavy atom. The Labute approximate surface area is 138 Å². The van der Waals surface area contributed by atoms with Gasteiger partial charge in [-0.25, -0.2) is 17.5 Å². The highest BCUT2D eigenvalue weighted by Gasteiger charge is 2.23. The summed E-state index contributed by atoms with van der Waals surface area (Å²) in [6.07, 6.45) is -0.438. The molecule has 0 aromatic heterocycles. The van der Waals surface area contributed by atoms with E-state index in [9.17, 15) is 17.6 Å². The van der Waals surface area contributed by atoms with Crippen LogP contribution in [-0.2, 0) is 14.8 Å². The molecule has 0 saturated heterocycles.